The minimum absolute atomic E-state index is 0.0564. The second kappa shape index (κ2) is 11.1. The Labute approximate surface area is 165 Å². The zero-order valence-corrected chi connectivity index (χ0v) is 17.6. The molecule has 1 aromatic carbocycles. The molecule has 0 aliphatic carbocycles. The summed E-state index contributed by atoms with van der Waals surface area (Å²) in [5.41, 5.74) is 3.33. The number of hydrogen-bond donors (Lipinski definition) is 1. The van der Waals surface area contributed by atoms with Crippen LogP contribution in [0.3, 0.4) is 0 Å². The summed E-state index contributed by atoms with van der Waals surface area (Å²) in [6.45, 7) is 13.9. The summed E-state index contributed by atoms with van der Waals surface area (Å²) in [6, 6.07) is 8.37. The van der Waals surface area contributed by atoms with Gasteiger partial charge in [-0.25, -0.2) is 0 Å². The number of nitrogens with zero attached hydrogens (tertiary/aromatic N) is 2. The van der Waals surface area contributed by atoms with Gasteiger partial charge < -0.3 is 10.2 Å². The summed E-state index contributed by atoms with van der Waals surface area (Å²) in [5, 5.41) is 3.22. The Kier molecular flexibility index (Phi) is 8.86. The predicted octanol–water partition coefficient (Wildman–Crippen LogP) is 4.47. The van der Waals surface area contributed by atoms with Gasteiger partial charge in [0, 0.05) is 50.0 Å². The van der Waals surface area contributed by atoms with Crippen molar-refractivity contribution in [3.63, 3.8) is 0 Å². The summed E-state index contributed by atoms with van der Waals surface area (Å²) in [7, 11) is 0. The molecule has 1 aliphatic heterocycles. The number of nitrogens with one attached hydrogen (secondary N) is 1. The van der Waals surface area contributed by atoms with E-state index in [1.165, 1.54) is 24.1 Å². The predicted molar refractivity (Wildman–Crippen MR) is 116 cm³/mol. The van der Waals surface area contributed by atoms with Crippen LogP contribution in [0.25, 0.3) is 0 Å². The molecule has 0 saturated carbocycles. The molecule has 1 saturated heterocycles. The third-order valence-electron chi connectivity index (χ3n) is 5.34. The summed E-state index contributed by atoms with van der Waals surface area (Å²) >= 11 is 0. The fourth-order valence-corrected chi connectivity index (χ4v) is 3.48. The van der Waals surface area contributed by atoms with Crippen molar-refractivity contribution in [2.24, 2.45) is 0 Å². The van der Waals surface area contributed by atoms with Crippen LogP contribution in [-0.2, 0) is 0 Å². The molecule has 4 heteroatoms. The van der Waals surface area contributed by atoms with Crippen LogP contribution in [-0.4, -0.2) is 49.6 Å². The molecule has 1 N–H and O–H groups in total. The summed E-state index contributed by atoms with van der Waals surface area (Å²) in [5.74, 6) is 0.0564. The monoisotopic (exact) mass is 371 g/mol. The van der Waals surface area contributed by atoms with Crippen molar-refractivity contribution in [1.82, 2.24) is 10.2 Å². The Balaban J connectivity index is 1.83. The van der Waals surface area contributed by atoms with Crippen LogP contribution in [0.15, 0.2) is 35.9 Å². The topological polar surface area (TPSA) is 35.6 Å². The fourth-order valence-electron chi connectivity index (χ4n) is 3.48. The lowest BCUT2D eigenvalue weighted by atomic mass is 10.0. The third-order valence-corrected chi connectivity index (χ3v) is 5.34. The molecule has 0 spiro atoms. The molecule has 1 amide bonds. The Morgan fingerprint density at radius 2 is 1.85 bits per heavy atom. The first kappa shape index (κ1) is 21.5. The lowest BCUT2D eigenvalue weighted by molar-refractivity contribution is 0.0914. The van der Waals surface area contributed by atoms with Gasteiger partial charge >= 0.3 is 0 Å². The average molecular weight is 372 g/mol. The zero-order chi connectivity index (χ0) is 19.6. The molecular formula is C23H37N3O. The first-order valence-corrected chi connectivity index (χ1v) is 10.5. The van der Waals surface area contributed by atoms with Crippen LogP contribution >= 0.6 is 0 Å². The van der Waals surface area contributed by atoms with Gasteiger partial charge in [-0.3, -0.25) is 9.69 Å². The Hall–Kier alpha value is -1.81. The molecular weight excluding hydrogens is 334 g/mol. The lowest BCUT2D eigenvalue weighted by Crippen LogP contribution is -2.44. The lowest BCUT2D eigenvalue weighted by Gasteiger charge is -2.31. The van der Waals surface area contributed by atoms with E-state index in [9.17, 15) is 4.79 Å². The number of rotatable bonds is 9. The maximum Gasteiger partial charge on any atom is 0.251 e. The van der Waals surface area contributed by atoms with E-state index in [2.05, 4.69) is 61.0 Å². The number of likely N-dealkylation sites (tertiary alicyclic amines) is 1. The fraction of sp³-hybridized carbons (Fsp3) is 0.609. The highest BCUT2D eigenvalue weighted by molar-refractivity contribution is 5.94. The number of piperidine rings is 1. The molecule has 1 aromatic rings. The smallest absolute Gasteiger partial charge is 0.251 e. The van der Waals surface area contributed by atoms with Crippen molar-refractivity contribution in [3.05, 3.63) is 41.5 Å². The van der Waals surface area contributed by atoms with Gasteiger partial charge in [-0.2, -0.15) is 0 Å². The molecule has 1 aliphatic rings. The quantitative estimate of drug-likeness (QED) is 0.650. The van der Waals surface area contributed by atoms with E-state index in [0.29, 0.717) is 0 Å². The summed E-state index contributed by atoms with van der Waals surface area (Å²) in [6.07, 6.45) is 6.73. The number of carbonyl (C=O) groups is 1. The van der Waals surface area contributed by atoms with E-state index in [1.54, 1.807) is 0 Å². The molecule has 0 atom stereocenters. The van der Waals surface area contributed by atoms with E-state index < -0.39 is 0 Å². The van der Waals surface area contributed by atoms with Gasteiger partial charge in [-0.05, 0) is 64.3 Å². The number of benzene rings is 1. The second-order valence-electron chi connectivity index (χ2n) is 7.81. The van der Waals surface area contributed by atoms with Crippen LogP contribution in [0, 0.1) is 0 Å². The number of allylic oxidation sites excluding steroid dienone is 1. The molecule has 2 rings (SSSR count). The second-order valence-corrected chi connectivity index (χ2v) is 7.81. The summed E-state index contributed by atoms with van der Waals surface area (Å²) < 4.78 is 0. The first-order valence-electron chi connectivity index (χ1n) is 10.5. The van der Waals surface area contributed by atoms with E-state index >= 15 is 0 Å². The number of amides is 1. The van der Waals surface area contributed by atoms with Gasteiger partial charge in [-0.1, -0.05) is 25.0 Å². The molecule has 150 valence electrons. The number of anilines is 1. The average Bonchev–Trinajstić information content (AvgIpc) is 2.68. The molecule has 27 heavy (non-hydrogen) atoms. The molecule has 4 nitrogen and oxygen atoms in total. The highest BCUT2D eigenvalue weighted by atomic mass is 16.1. The Morgan fingerprint density at radius 3 is 2.41 bits per heavy atom. The van der Waals surface area contributed by atoms with Crippen molar-refractivity contribution >= 4 is 11.6 Å². The minimum Gasteiger partial charge on any atom is -0.372 e. The van der Waals surface area contributed by atoms with Gasteiger partial charge in [0.05, 0.1) is 0 Å². The van der Waals surface area contributed by atoms with Crippen molar-refractivity contribution < 1.29 is 4.79 Å². The van der Waals surface area contributed by atoms with Crippen molar-refractivity contribution in [2.75, 3.05) is 37.6 Å². The van der Waals surface area contributed by atoms with Gasteiger partial charge in [0.2, 0.25) is 0 Å². The number of carbonyl (C=O) groups excluding carboxylic acids is 1. The first-order chi connectivity index (χ1) is 13.0. The Bertz CT molecular complexity index is 597. The van der Waals surface area contributed by atoms with E-state index in [0.717, 1.165) is 51.1 Å². The van der Waals surface area contributed by atoms with Crippen LogP contribution in [0.4, 0.5) is 5.69 Å². The van der Waals surface area contributed by atoms with Crippen LogP contribution < -0.4 is 10.2 Å². The minimum atomic E-state index is 0.0564. The van der Waals surface area contributed by atoms with Crippen LogP contribution in [0.5, 0.6) is 0 Å². The highest BCUT2D eigenvalue weighted by Gasteiger charge is 2.20. The SMILES string of the molecule is CCCCN(CC)c1ccc(C(=O)NC2CCN(CC=C(C)C)CC2)cc1. The van der Waals surface area contributed by atoms with Gasteiger partial charge in [0.25, 0.3) is 5.91 Å². The van der Waals surface area contributed by atoms with Crippen LogP contribution in [0.2, 0.25) is 0 Å². The van der Waals surface area contributed by atoms with Gasteiger partial charge in [0.1, 0.15) is 0 Å². The van der Waals surface area contributed by atoms with Gasteiger partial charge in [0.15, 0.2) is 0 Å². The van der Waals surface area contributed by atoms with Crippen LogP contribution in [0.1, 0.15) is 63.7 Å². The highest BCUT2D eigenvalue weighted by Crippen LogP contribution is 2.17. The molecule has 0 radical (unpaired) electrons. The van der Waals surface area contributed by atoms with E-state index in [1.807, 2.05) is 12.1 Å². The number of hydrogen-bond acceptors (Lipinski definition) is 3. The Morgan fingerprint density at radius 1 is 1.19 bits per heavy atom. The molecule has 1 heterocycles. The van der Waals surface area contributed by atoms with E-state index in [4.69, 9.17) is 0 Å². The molecule has 0 unspecified atom stereocenters. The van der Waals surface area contributed by atoms with Crippen molar-refractivity contribution in [3.8, 4) is 0 Å². The zero-order valence-electron chi connectivity index (χ0n) is 17.6. The normalized spacial score (nSPS) is 15.4. The molecule has 0 bridgehead atoms. The number of unbranched alkanes of at least 4 members (excludes halogenated alkanes) is 1. The largest absolute Gasteiger partial charge is 0.372 e. The standard InChI is InChI=1S/C23H37N3O/c1-5-7-15-26(6-2)22-10-8-20(9-11-22)23(27)24-21-13-17-25(18-14-21)16-12-19(3)4/h8-12,21H,5-7,13-18H2,1-4H3,(H,24,27). The third kappa shape index (κ3) is 7.02. The molecule has 1 fully saturated rings. The summed E-state index contributed by atoms with van der Waals surface area (Å²) in [4.78, 5) is 17.4. The maximum absolute atomic E-state index is 12.6. The van der Waals surface area contributed by atoms with Gasteiger partial charge in [-0.15, -0.1) is 0 Å². The maximum atomic E-state index is 12.6. The molecule has 0 aromatic heterocycles. The van der Waals surface area contributed by atoms with E-state index in [-0.39, 0.29) is 11.9 Å². The van der Waals surface area contributed by atoms with Crippen molar-refractivity contribution in [1.29, 1.82) is 0 Å². The van der Waals surface area contributed by atoms with Crippen molar-refractivity contribution in [2.45, 2.75) is 59.4 Å².